The van der Waals surface area contributed by atoms with Crippen molar-refractivity contribution in [3.8, 4) is 0 Å². The molecule has 134 valence electrons. The van der Waals surface area contributed by atoms with Crippen molar-refractivity contribution in [2.75, 3.05) is 0 Å². The van der Waals surface area contributed by atoms with Crippen LogP contribution in [-0.2, 0) is 15.8 Å². The zero-order valence-electron chi connectivity index (χ0n) is 15.8. The van der Waals surface area contributed by atoms with Gasteiger partial charge in [0.15, 0.2) is 8.32 Å². The van der Waals surface area contributed by atoms with Gasteiger partial charge >= 0.3 is 6.09 Å². The van der Waals surface area contributed by atoms with Gasteiger partial charge in [0, 0.05) is 0 Å². The third-order valence-electron chi connectivity index (χ3n) is 4.52. The van der Waals surface area contributed by atoms with Gasteiger partial charge in [0.2, 0.25) is 0 Å². The standard InChI is InChI=1S/C19H31NO3Si/c1-8-17(23-24(6,7)19(3,4)5)15(2)20-18(21)22-14-16-12-10-9-11-13-16/h8-13,15,17H,1,14H2,2-7H3,(H,20,21). The second-order valence-electron chi connectivity index (χ2n) is 7.57. The van der Waals surface area contributed by atoms with Crippen molar-refractivity contribution >= 4 is 14.4 Å². The number of rotatable bonds is 7. The minimum absolute atomic E-state index is 0.0990. The molecule has 0 radical (unpaired) electrons. The van der Waals surface area contributed by atoms with E-state index in [0.29, 0.717) is 0 Å². The highest BCUT2D eigenvalue weighted by atomic mass is 28.4. The van der Waals surface area contributed by atoms with Crippen molar-refractivity contribution in [3.05, 3.63) is 48.6 Å². The second kappa shape index (κ2) is 8.49. The summed E-state index contributed by atoms with van der Waals surface area (Å²) < 4.78 is 11.6. The van der Waals surface area contributed by atoms with Gasteiger partial charge in [-0.3, -0.25) is 0 Å². The number of carbonyl (C=O) groups excluding carboxylic acids is 1. The highest BCUT2D eigenvalue weighted by Crippen LogP contribution is 2.37. The molecule has 1 aromatic rings. The average Bonchev–Trinajstić information content (AvgIpc) is 2.50. The van der Waals surface area contributed by atoms with Gasteiger partial charge in [-0.2, -0.15) is 0 Å². The normalized spacial score (nSPS) is 14.6. The maximum absolute atomic E-state index is 12.0. The Balaban J connectivity index is 2.56. The Labute approximate surface area is 147 Å². The maximum atomic E-state index is 12.0. The third-order valence-corrected chi connectivity index (χ3v) is 8.99. The monoisotopic (exact) mass is 349 g/mol. The number of hydrogen-bond donors (Lipinski definition) is 1. The quantitative estimate of drug-likeness (QED) is 0.564. The van der Waals surface area contributed by atoms with Crippen molar-refractivity contribution in [1.82, 2.24) is 5.32 Å². The SMILES string of the molecule is C=CC(O[Si](C)(C)C(C)(C)C)C(C)NC(=O)OCc1ccccc1. The van der Waals surface area contributed by atoms with E-state index < -0.39 is 14.4 Å². The van der Waals surface area contributed by atoms with Gasteiger partial charge < -0.3 is 14.5 Å². The van der Waals surface area contributed by atoms with Gasteiger partial charge in [-0.05, 0) is 30.6 Å². The first kappa shape index (κ1) is 20.5. The molecule has 0 spiro atoms. The molecule has 4 nitrogen and oxygen atoms in total. The number of hydrogen-bond acceptors (Lipinski definition) is 3. The zero-order valence-corrected chi connectivity index (χ0v) is 16.8. The number of benzene rings is 1. The largest absolute Gasteiger partial charge is 0.445 e. The molecule has 1 rings (SSSR count). The molecular weight excluding hydrogens is 318 g/mol. The zero-order chi connectivity index (χ0) is 18.4. The fourth-order valence-corrected chi connectivity index (χ4v) is 3.24. The van der Waals surface area contributed by atoms with Crippen LogP contribution in [0.15, 0.2) is 43.0 Å². The predicted molar refractivity (Wildman–Crippen MR) is 101 cm³/mol. The molecule has 0 saturated carbocycles. The van der Waals surface area contributed by atoms with E-state index in [2.05, 4.69) is 45.8 Å². The lowest BCUT2D eigenvalue weighted by molar-refractivity contribution is 0.123. The Hall–Kier alpha value is -1.59. The van der Waals surface area contributed by atoms with Crippen LogP contribution in [0.4, 0.5) is 4.79 Å². The van der Waals surface area contributed by atoms with Crippen molar-refractivity contribution in [2.24, 2.45) is 0 Å². The summed E-state index contributed by atoms with van der Waals surface area (Å²) in [6.07, 6.45) is 1.06. The summed E-state index contributed by atoms with van der Waals surface area (Å²) in [7, 11) is -1.94. The molecule has 2 unspecified atom stereocenters. The lowest BCUT2D eigenvalue weighted by Gasteiger charge is -2.40. The Morgan fingerprint density at radius 2 is 1.88 bits per heavy atom. The van der Waals surface area contributed by atoms with Gasteiger partial charge in [0.25, 0.3) is 0 Å². The molecule has 0 aliphatic heterocycles. The molecule has 1 N–H and O–H groups in total. The van der Waals surface area contributed by atoms with Gasteiger partial charge in [0.1, 0.15) is 6.61 Å². The summed E-state index contributed by atoms with van der Waals surface area (Å²) in [5.41, 5.74) is 0.957. The minimum Gasteiger partial charge on any atom is -0.445 e. The van der Waals surface area contributed by atoms with Crippen molar-refractivity contribution in [3.63, 3.8) is 0 Å². The van der Waals surface area contributed by atoms with Crippen LogP contribution < -0.4 is 5.32 Å². The number of alkyl carbamates (subject to hydrolysis) is 1. The summed E-state index contributed by atoms with van der Waals surface area (Å²) >= 11 is 0. The predicted octanol–water partition coefficient (Wildman–Crippen LogP) is 4.88. The van der Waals surface area contributed by atoms with Crippen LogP contribution >= 0.6 is 0 Å². The van der Waals surface area contributed by atoms with E-state index in [9.17, 15) is 4.79 Å². The Kier molecular flexibility index (Phi) is 7.23. The van der Waals surface area contributed by atoms with Crippen LogP contribution in [0.3, 0.4) is 0 Å². The van der Waals surface area contributed by atoms with Crippen LogP contribution in [0.25, 0.3) is 0 Å². The van der Waals surface area contributed by atoms with E-state index in [1.54, 1.807) is 6.08 Å². The summed E-state index contributed by atoms with van der Waals surface area (Å²) in [5.74, 6) is 0. The molecule has 5 heteroatoms. The van der Waals surface area contributed by atoms with E-state index >= 15 is 0 Å². The Bertz CT molecular complexity index is 537. The number of ether oxygens (including phenoxy) is 1. The van der Waals surface area contributed by atoms with Crippen molar-refractivity contribution in [2.45, 2.75) is 64.6 Å². The molecule has 0 heterocycles. The molecule has 0 aliphatic rings. The summed E-state index contributed by atoms with van der Waals surface area (Å²) in [4.78, 5) is 12.0. The fourth-order valence-electron chi connectivity index (χ4n) is 1.90. The molecule has 0 saturated heterocycles. The summed E-state index contributed by atoms with van der Waals surface area (Å²) in [5, 5.41) is 2.94. The molecule has 1 aromatic carbocycles. The first-order chi connectivity index (χ1) is 11.1. The van der Waals surface area contributed by atoms with Crippen LogP contribution in [0.1, 0.15) is 33.3 Å². The first-order valence-electron chi connectivity index (χ1n) is 8.34. The molecule has 1 amide bonds. The Morgan fingerprint density at radius 1 is 1.29 bits per heavy atom. The van der Waals surface area contributed by atoms with Crippen molar-refractivity contribution < 1.29 is 14.0 Å². The van der Waals surface area contributed by atoms with E-state index in [0.717, 1.165) is 5.56 Å². The van der Waals surface area contributed by atoms with Gasteiger partial charge in [-0.15, -0.1) is 6.58 Å². The number of carbonyl (C=O) groups is 1. The van der Waals surface area contributed by atoms with Crippen LogP contribution in [-0.4, -0.2) is 26.6 Å². The van der Waals surface area contributed by atoms with E-state index in [4.69, 9.17) is 9.16 Å². The van der Waals surface area contributed by atoms with Gasteiger partial charge in [0.05, 0.1) is 12.1 Å². The van der Waals surface area contributed by atoms with Crippen LogP contribution in [0, 0.1) is 0 Å². The second-order valence-corrected chi connectivity index (χ2v) is 12.3. The first-order valence-corrected chi connectivity index (χ1v) is 11.3. The third kappa shape index (κ3) is 6.13. The summed E-state index contributed by atoms with van der Waals surface area (Å²) in [6, 6.07) is 9.39. The van der Waals surface area contributed by atoms with Gasteiger partial charge in [-0.1, -0.05) is 57.2 Å². The number of nitrogens with one attached hydrogen (secondary N) is 1. The molecule has 2 atom stereocenters. The van der Waals surface area contributed by atoms with Crippen LogP contribution in [0.2, 0.25) is 18.1 Å². The highest BCUT2D eigenvalue weighted by molar-refractivity contribution is 6.74. The number of amides is 1. The lowest BCUT2D eigenvalue weighted by Crippen LogP contribution is -2.50. The fraction of sp³-hybridized carbons (Fsp3) is 0.526. The average molecular weight is 350 g/mol. The lowest BCUT2D eigenvalue weighted by atomic mass is 10.2. The van der Waals surface area contributed by atoms with E-state index in [1.165, 1.54) is 0 Å². The van der Waals surface area contributed by atoms with Crippen molar-refractivity contribution in [1.29, 1.82) is 0 Å². The molecular formula is C19H31NO3Si. The topological polar surface area (TPSA) is 47.6 Å². The highest BCUT2D eigenvalue weighted by Gasteiger charge is 2.39. The minimum atomic E-state index is -1.94. The molecule has 0 aromatic heterocycles. The molecule has 0 aliphatic carbocycles. The molecule has 0 fully saturated rings. The van der Waals surface area contributed by atoms with Gasteiger partial charge in [-0.25, -0.2) is 4.79 Å². The molecule has 24 heavy (non-hydrogen) atoms. The van der Waals surface area contributed by atoms with E-state index in [-0.39, 0.29) is 23.8 Å². The Morgan fingerprint density at radius 3 is 2.38 bits per heavy atom. The molecule has 0 bridgehead atoms. The summed E-state index contributed by atoms with van der Waals surface area (Å²) in [6.45, 7) is 16.9. The maximum Gasteiger partial charge on any atom is 0.407 e. The van der Waals surface area contributed by atoms with Crippen LogP contribution in [0.5, 0.6) is 0 Å². The van der Waals surface area contributed by atoms with E-state index in [1.807, 2.05) is 37.3 Å². The smallest absolute Gasteiger partial charge is 0.407 e.